The van der Waals surface area contributed by atoms with Crippen LogP contribution in [-0.4, -0.2) is 23.3 Å². The summed E-state index contributed by atoms with van der Waals surface area (Å²) >= 11 is 1.46. The normalized spacial score (nSPS) is 17.1. The van der Waals surface area contributed by atoms with E-state index in [0.29, 0.717) is 11.7 Å². The predicted molar refractivity (Wildman–Crippen MR) is 105 cm³/mol. The van der Waals surface area contributed by atoms with Crippen molar-refractivity contribution < 1.29 is 9.59 Å². The molecule has 1 atom stereocenters. The first kappa shape index (κ1) is 16.7. The number of anilines is 2. The summed E-state index contributed by atoms with van der Waals surface area (Å²) in [7, 11) is 0. The number of nitrogens with one attached hydrogen (secondary N) is 1. The molecule has 2 heterocycles. The van der Waals surface area contributed by atoms with Crippen LogP contribution in [-0.2, 0) is 9.59 Å². The third kappa shape index (κ3) is 3.08. The van der Waals surface area contributed by atoms with E-state index in [-0.39, 0.29) is 24.2 Å². The number of thiazole rings is 1. The zero-order valence-electron chi connectivity index (χ0n) is 14.7. The molecule has 1 aromatic heterocycles. The Bertz CT molecular complexity index is 1010. The van der Waals surface area contributed by atoms with Crippen molar-refractivity contribution >= 4 is 44.2 Å². The van der Waals surface area contributed by atoms with Gasteiger partial charge in [0.25, 0.3) is 0 Å². The van der Waals surface area contributed by atoms with Crippen LogP contribution in [0.5, 0.6) is 0 Å². The van der Waals surface area contributed by atoms with Crippen molar-refractivity contribution in [1.29, 1.82) is 0 Å². The number of aryl methyl sites for hydroxylation is 2. The number of benzene rings is 2. The minimum absolute atomic E-state index is 0.0145. The molecule has 1 N–H and O–H groups in total. The molecule has 0 unspecified atom stereocenters. The van der Waals surface area contributed by atoms with Crippen molar-refractivity contribution in [2.24, 2.45) is 5.92 Å². The van der Waals surface area contributed by atoms with Gasteiger partial charge in [0.15, 0.2) is 5.13 Å². The summed E-state index contributed by atoms with van der Waals surface area (Å²) < 4.78 is 1.05. The molecular weight excluding hydrogens is 346 g/mol. The summed E-state index contributed by atoms with van der Waals surface area (Å²) in [6.45, 7) is 4.40. The van der Waals surface area contributed by atoms with Gasteiger partial charge >= 0.3 is 0 Å². The lowest BCUT2D eigenvalue weighted by molar-refractivity contribution is -0.122. The number of carbonyl (C=O) groups is 2. The Morgan fingerprint density at radius 2 is 2.04 bits per heavy atom. The molecule has 2 amide bonds. The second-order valence-electron chi connectivity index (χ2n) is 6.67. The molecule has 1 fully saturated rings. The topological polar surface area (TPSA) is 62.3 Å². The Labute approximate surface area is 155 Å². The largest absolute Gasteiger partial charge is 0.311 e. The number of para-hydroxylation sites is 1. The predicted octanol–water partition coefficient (Wildman–Crippen LogP) is 3.90. The molecule has 132 valence electrons. The van der Waals surface area contributed by atoms with E-state index in [1.807, 2.05) is 50.2 Å². The lowest BCUT2D eigenvalue weighted by Crippen LogP contribution is -2.28. The van der Waals surface area contributed by atoms with Crippen molar-refractivity contribution in [2.45, 2.75) is 20.3 Å². The second-order valence-corrected chi connectivity index (χ2v) is 7.70. The monoisotopic (exact) mass is 365 g/mol. The molecule has 3 aromatic rings. The first-order chi connectivity index (χ1) is 12.5. The van der Waals surface area contributed by atoms with Crippen LogP contribution in [0.1, 0.15) is 17.5 Å². The number of amides is 2. The second kappa shape index (κ2) is 6.53. The highest BCUT2D eigenvalue weighted by molar-refractivity contribution is 7.22. The van der Waals surface area contributed by atoms with Gasteiger partial charge in [-0.05, 0) is 43.2 Å². The van der Waals surface area contributed by atoms with Crippen LogP contribution in [0.2, 0.25) is 0 Å². The van der Waals surface area contributed by atoms with Gasteiger partial charge in [0.2, 0.25) is 11.8 Å². The smallest absolute Gasteiger partial charge is 0.231 e. The van der Waals surface area contributed by atoms with Crippen molar-refractivity contribution in [1.82, 2.24) is 4.98 Å². The zero-order chi connectivity index (χ0) is 18.3. The highest BCUT2D eigenvalue weighted by Crippen LogP contribution is 2.30. The number of rotatable bonds is 3. The molecule has 4 rings (SSSR count). The third-order valence-electron chi connectivity index (χ3n) is 4.68. The van der Waals surface area contributed by atoms with E-state index in [9.17, 15) is 9.59 Å². The summed E-state index contributed by atoms with van der Waals surface area (Å²) in [6.07, 6.45) is 0.226. The maximum atomic E-state index is 12.6. The molecule has 1 aliphatic heterocycles. The van der Waals surface area contributed by atoms with Gasteiger partial charge in [-0.15, -0.1) is 0 Å². The molecule has 0 radical (unpaired) electrons. The van der Waals surface area contributed by atoms with Crippen LogP contribution in [0.4, 0.5) is 10.8 Å². The molecule has 2 aromatic carbocycles. The van der Waals surface area contributed by atoms with Crippen LogP contribution in [0.3, 0.4) is 0 Å². The average Bonchev–Trinajstić information content (AvgIpc) is 3.18. The van der Waals surface area contributed by atoms with E-state index in [0.717, 1.165) is 27.0 Å². The third-order valence-corrected chi connectivity index (χ3v) is 5.61. The van der Waals surface area contributed by atoms with Crippen LogP contribution in [0.25, 0.3) is 10.2 Å². The van der Waals surface area contributed by atoms with Gasteiger partial charge in [-0.3, -0.25) is 9.59 Å². The Balaban J connectivity index is 1.50. The fraction of sp³-hybridized carbons (Fsp3) is 0.250. The lowest BCUT2D eigenvalue weighted by Gasteiger charge is -2.18. The number of hydrogen-bond donors (Lipinski definition) is 1. The summed E-state index contributed by atoms with van der Waals surface area (Å²) in [6, 6.07) is 13.8. The van der Waals surface area contributed by atoms with Gasteiger partial charge in [-0.2, -0.15) is 0 Å². The van der Waals surface area contributed by atoms with E-state index < -0.39 is 0 Å². The van der Waals surface area contributed by atoms with Gasteiger partial charge in [-0.25, -0.2) is 4.98 Å². The van der Waals surface area contributed by atoms with Crippen LogP contribution in [0.15, 0.2) is 42.5 Å². The SMILES string of the molecule is Cc1ccc2nc(NC(=O)[C@H]3CC(=O)N(c4ccccc4C)C3)sc2c1. The quantitative estimate of drug-likeness (QED) is 0.765. The van der Waals surface area contributed by atoms with E-state index in [4.69, 9.17) is 0 Å². The Hall–Kier alpha value is -2.73. The molecule has 1 aliphatic rings. The Kier molecular flexibility index (Phi) is 4.20. The molecule has 0 bridgehead atoms. The van der Waals surface area contributed by atoms with Gasteiger partial charge in [-0.1, -0.05) is 35.6 Å². The van der Waals surface area contributed by atoms with Gasteiger partial charge in [0.1, 0.15) is 0 Å². The van der Waals surface area contributed by atoms with Crippen molar-refractivity contribution in [3.63, 3.8) is 0 Å². The number of carbonyl (C=O) groups excluding carboxylic acids is 2. The van der Waals surface area contributed by atoms with Gasteiger partial charge < -0.3 is 10.2 Å². The summed E-state index contributed by atoms with van der Waals surface area (Å²) in [5.74, 6) is -0.527. The van der Waals surface area contributed by atoms with Crippen molar-refractivity contribution in [2.75, 3.05) is 16.8 Å². The van der Waals surface area contributed by atoms with Crippen molar-refractivity contribution in [3.8, 4) is 0 Å². The van der Waals surface area contributed by atoms with Gasteiger partial charge in [0.05, 0.1) is 16.1 Å². The minimum atomic E-state index is -0.365. The Morgan fingerprint density at radius 3 is 2.85 bits per heavy atom. The van der Waals surface area contributed by atoms with E-state index in [2.05, 4.69) is 16.4 Å². The number of nitrogens with zero attached hydrogens (tertiary/aromatic N) is 2. The molecule has 5 nitrogen and oxygen atoms in total. The first-order valence-corrected chi connectivity index (χ1v) is 9.37. The van der Waals surface area contributed by atoms with Crippen LogP contribution in [0, 0.1) is 19.8 Å². The minimum Gasteiger partial charge on any atom is -0.311 e. The maximum Gasteiger partial charge on any atom is 0.231 e. The molecule has 0 saturated carbocycles. The molecule has 0 spiro atoms. The van der Waals surface area contributed by atoms with Crippen molar-refractivity contribution in [3.05, 3.63) is 53.6 Å². The average molecular weight is 365 g/mol. The first-order valence-electron chi connectivity index (χ1n) is 8.55. The van der Waals surface area contributed by atoms with Crippen LogP contribution < -0.4 is 10.2 Å². The molecule has 1 saturated heterocycles. The highest BCUT2D eigenvalue weighted by atomic mass is 32.1. The van der Waals surface area contributed by atoms with Crippen LogP contribution >= 0.6 is 11.3 Å². The number of aromatic nitrogens is 1. The van der Waals surface area contributed by atoms with E-state index in [1.54, 1.807) is 4.90 Å². The molecule has 0 aliphatic carbocycles. The summed E-state index contributed by atoms with van der Waals surface area (Å²) in [5.41, 5.74) is 3.95. The Morgan fingerprint density at radius 1 is 1.23 bits per heavy atom. The summed E-state index contributed by atoms with van der Waals surface area (Å²) in [5, 5.41) is 3.47. The maximum absolute atomic E-state index is 12.6. The number of hydrogen-bond acceptors (Lipinski definition) is 4. The lowest BCUT2D eigenvalue weighted by atomic mass is 10.1. The summed E-state index contributed by atoms with van der Waals surface area (Å²) in [4.78, 5) is 31.2. The zero-order valence-corrected chi connectivity index (χ0v) is 15.5. The molecule has 6 heteroatoms. The molecular formula is C20H19N3O2S. The molecule has 26 heavy (non-hydrogen) atoms. The van der Waals surface area contributed by atoms with Gasteiger partial charge in [0, 0.05) is 18.7 Å². The number of fused-ring (bicyclic) bond motifs is 1. The standard InChI is InChI=1S/C20H19N3O2S/c1-12-7-8-15-17(9-12)26-20(21-15)22-19(25)14-10-18(24)23(11-14)16-6-4-3-5-13(16)2/h3-9,14H,10-11H2,1-2H3,(H,21,22,25)/t14-/m0/s1. The highest BCUT2D eigenvalue weighted by Gasteiger charge is 2.35. The fourth-order valence-electron chi connectivity index (χ4n) is 3.28. The van der Waals surface area contributed by atoms with E-state index in [1.165, 1.54) is 11.3 Å². The fourth-order valence-corrected chi connectivity index (χ4v) is 4.24. The van der Waals surface area contributed by atoms with E-state index >= 15 is 0 Å².